The molecule has 0 unspecified atom stereocenters. The van der Waals surface area contributed by atoms with E-state index in [4.69, 9.17) is 9.47 Å². The Balaban J connectivity index is 1.73. The van der Waals surface area contributed by atoms with E-state index >= 15 is 0 Å². The summed E-state index contributed by atoms with van der Waals surface area (Å²) in [5.41, 5.74) is 1.07. The van der Waals surface area contributed by atoms with Crippen molar-refractivity contribution >= 4 is 27.5 Å². The van der Waals surface area contributed by atoms with Gasteiger partial charge in [0.25, 0.3) is 0 Å². The van der Waals surface area contributed by atoms with Crippen molar-refractivity contribution in [2.75, 3.05) is 19.0 Å². The van der Waals surface area contributed by atoms with Gasteiger partial charge >= 0.3 is 0 Å². The summed E-state index contributed by atoms with van der Waals surface area (Å²) in [6, 6.07) is 10.0. The molecule has 23 heavy (non-hydrogen) atoms. The first-order chi connectivity index (χ1) is 11.1. The van der Waals surface area contributed by atoms with Gasteiger partial charge in [0.2, 0.25) is 5.91 Å². The highest BCUT2D eigenvalue weighted by molar-refractivity contribution is 9.10. The number of anilines is 1. The third-order valence-electron chi connectivity index (χ3n) is 3.73. The highest BCUT2D eigenvalue weighted by atomic mass is 79.9. The first kappa shape index (κ1) is 15.8. The molecule has 6 heteroatoms. The molecule has 2 aromatic carbocycles. The Morgan fingerprint density at radius 2 is 2.17 bits per heavy atom. The first-order valence-corrected chi connectivity index (χ1v) is 7.92. The fraction of sp³-hybridized carbons (Fsp3) is 0.235. The van der Waals surface area contributed by atoms with Gasteiger partial charge in [0.05, 0.1) is 18.7 Å². The van der Waals surface area contributed by atoms with Gasteiger partial charge < -0.3 is 14.8 Å². The highest BCUT2D eigenvalue weighted by Crippen LogP contribution is 2.31. The van der Waals surface area contributed by atoms with Gasteiger partial charge in [-0.25, -0.2) is 4.39 Å². The Morgan fingerprint density at radius 3 is 2.91 bits per heavy atom. The van der Waals surface area contributed by atoms with Crippen molar-refractivity contribution in [1.82, 2.24) is 0 Å². The van der Waals surface area contributed by atoms with E-state index in [9.17, 15) is 9.18 Å². The molecular weight excluding hydrogens is 365 g/mol. The summed E-state index contributed by atoms with van der Waals surface area (Å²) in [6.07, 6.45) is 0.524. The van der Waals surface area contributed by atoms with Gasteiger partial charge in [0.15, 0.2) is 0 Å². The third-order valence-corrected chi connectivity index (χ3v) is 4.23. The van der Waals surface area contributed by atoms with Crippen LogP contribution < -0.4 is 14.8 Å². The summed E-state index contributed by atoms with van der Waals surface area (Å²) >= 11 is 3.19. The molecule has 120 valence electrons. The predicted molar refractivity (Wildman–Crippen MR) is 88.4 cm³/mol. The number of rotatable bonds is 3. The molecule has 1 aliphatic heterocycles. The summed E-state index contributed by atoms with van der Waals surface area (Å²) in [7, 11) is 1.59. The molecule has 3 rings (SSSR count). The number of methoxy groups -OCH3 is 1. The van der Waals surface area contributed by atoms with Crippen molar-refractivity contribution in [3.05, 3.63) is 52.3 Å². The molecule has 1 atom stereocenters. The molecule has 2 aromatic rings. The Morgan fingerprint density at radius 1 is 1.35 bits per heavy atom. The van der Waals surface area contributed by atoms with E-state index in [-0.39, 0.29) is 24.1 Å². The lowest BCUT2D eigenvalue weighted by atomic mass is 9.95. The van der Waals surface area contributed by atoms with E-state index in [0.717, 1.165) is 11.3 Å². The lowest BCUT2D eigenvalue weighted by Crippen LogP contribution is -2.32. The van der Waals surface area contributed by atoms with E-state index in [1.165, 1.54) is 12.1 Å². The summed E-state index contributed by atoms with van der Waals surface area (Å²) in [5.74, 6) is 0.348. The van der Waals surface area contributed by atoms with Crippen molar-refractivity contribution in [3.8, 4) is 11.5 Å². The molecular formula is C17H15BrFNO3. The standard InChI is InChI=1S/C17H15BrFNO3/c1-22-13-3-5-16-10(7-13)6-11(9-23-16)17(21)20-15-4-2-12(18)8-14(15)19/h2-5,7-8,11H,6,9H2,1H3,(H,20,21)/t11-/m1/s1. The number of halogens is 2. The van der Waals surface area contributed by atoms with Crippen LogP contribution in [0.15, 0.2) is 40.9 Å². The summed E-state index contributed by atoms with van der Waals surface area (Å²) < 4.78 is 25.3. The number of amides is 1. The first-order valence-electron chi connectivity index (χ1n) is 7.12. The Hall–Kier alpha value is -2.08. The quantitative estimate of drug-likeness (QED) is 0.882. The normalized spacial score (nSPS) is 16.2. The Kier molecular flexibility index (Phi) is 4.52. The van der Waals surface area contributed by atoms with E-state index in [0.29, 0.717) is 16.6 Å². The van der Waals surface area contributed by atoms with Crippen LogP contribution in [0.2, 0.25) is 0 Å². The Labute approximate surface area is 141 Å². The molecule has 0 fully saturated rings. The maximum atomic E-state index is 13.8. The Bertz CT molecular complexity index is 751. The van der Waals surface area contributed by atoms with Gasteiger partial charge in [-0.05, 0) is 48.4 Å². The van der Waals surface area contributed by atoms with Gasteiger partial charge in [-0.15, -0.1) is 0 Å². The molecule has 0 aromatic heterocycles. The summed E-state index contributed by atoms with van der Waals surface area (Å²) in [6.45, 7) is 0.267. The van der Waals surface area contributed by atoms with E-state index < -0.39 is 5.82 Å². The lowest BCUT2D eigenvalue weighted by molar-refractivity contribution is -0.121. The average Bonchev–Trinajstić information content (AvgIpc) is 2.56. The third kappa shape index (κ3) is 3.47. The van der Waals surface area contributed by atoms with Gasteiger partial charge in [-0.2, -0.15) is 0 Å². The van der Waals surface area contributed by atoms with Crippen LogP contribution in [0.5, 0.6) is 11.5 Å². The van der Waals surface area contributed by atoms with Crippen LogP contribution in [-0.2, 0) is 11.2 Å². The molecule has 0 aliphatic carbocycles. The molecule has 1 amide bonds. The second-order valence-electron chi connectivity index (χ2n) is 5.30. The van der Waals surface area contributed by atoms with Crippen molar-refractivity contribution in [2.24, 2.45) is 5.92 Å². The summed E-state index contributed by atoms with van der Waals surface area (Å²) in [5, 5.41) is 2.62. The van der Waals surface area contributed by atoms with Crippen LogP contribution in [0.1, 0.15) is 5.56 Å². The SMILES string of the molecule is COc1ccc2c(c1)C[C@@H](C(=O)Nc1ccc(Br)cc1F)CO2. The second-order valence-corrected chi connectivity index (χ2v) is 6.21. The molecule has 0 saturated heterocycles. The zero-order valence-electron chi connectivity index (χ0n) is 12.4. The molecule has 0 radical (unpaired) electrons. The molecule has 0 bridgehead atoms. The fourth-order valence-electron chi connectivity index (χ4n) is 2.49. The fourth-order valence-corrected chi connectivity index (χ4v) is 2.83. The number of ether oxygens (including phenoxy) is 2. The van der Waals surface area contributed by atoms with Gasteiger partial charge in [-0.3, -0.25) is 4.79 Å². The van der Waals surface area contributed by atoms with Gasteiger partial charge in [-0.1, -0.05) is 15.9 Å². The molecule has 0 saturated carbocycles. The average molecular weight is 380 g/mol. The topological polar surface area (TPSA) is 47.6 Å². The van der Waals surface area contributed by atoms with E-state index in [2.05, 4.69) is 21.2 Å². The van der Waals surface area contributed by atoms with E-state index in [1.54, 1.807) is 13.2 Å². The second kappa shape index (κ2) is 6.58. The highest BCUT2D eigenvalue weighted by Gasteiger charge is 2.27. The molecule has 1 aliphatic rings. The summed E-state index contributed by atoms with van der Waals surface area (Å²) in [4.78, 5) is 12.4. The number of hydrogen-bond acceptors (Lipinski definition) is 3. The van der Waals surface area contributed by atoms with E-state index in [1.807, 2.05) is 18.2 Å². The number of carbonyl (C=O) groups excluding carboxylic acids is 1. The van der Waals surface area contributed by atoms with Crippen LogP contribution in [0, 0.1) is 11.7 Å². The number of benzene rings is 2. The minimum Gasteiger partial charge on any atom is -0.497 e. The van der Waals surface area contributed by atoms with Crippen molar-refractivity contribution in [3.63, 3.8) is 0 Å². The molecule has 1 heterocycles. The predicted octanol–water partition coefficient (Wildman–Crippen LogP) is 3.79. The van der Waals surface area contributed by atoms with Gasteiger partial charge in [0, 0.05) is 4.47 Å². The number of fused-ring (bicyclic) bond motifs is 1. The van der Waals surface area contributed by atoms with Gasteiger partial charge in [0.1, 0.15) is 23.9 Å². The smallest absolute Gasteiger partial charge is 0.231 e. The minimum absolute atomic E-state index is 0.162. The molecule has 0 spiro atoms. The van der Waals surface area contributed by atoms with Crippen molar-refractivity contribution < 1.29 is 18.7 Å². The van der Waals surface area contributed by atoms with Crippen molar-refractivity contribution in [2.45, 2.75) is 6.42 Å². The van der Waals surface area contributed by atoms with Crippen LogP contribution in [-0.4, -0.2) is 19.6 Å². The van der Waals surface area contributed by atoms with Crippen LogP contribution >= 0.6 is 15.9 Å². The number of hydrogen-bond donors (Lipinski definition) is 1. The molecule has 4 nitrogen and oxygen atoms in total. The largest absolute Gasteiger partial charge is 0.497 e. The van der Waals surface area contributed by atoms with Crippen molar-refractivity contribution in [1.29, 1.82) is 0 Å². The monoisotopic (exact) mass is 379 g/mol. The number of carbonyl (C=O) groups is 1. The maximum Gasteiger partial charge on any atom is 0.231 e. The molecule has 1 N–H and O–H groups in total. The zero-order valence-corrected chi connectivity index (χ0v) is 14.0. The zero-order chi connectivity index (χ0) is 16.4. The van der Waals surface area contributed by atoms with Crippen LogP contribution in [0.25, 0.3) is 0 Å². The van der Waals surface area contributed by atoms with Crippen LogP contribution in [0.3, 0.4) is 0 Å². The minimum atomic E-state index is -0.480. The number of nitrogens with one attached hydrogen (secondary N) is 1. The van der Waals surface area contributed by atoms with Crippen LogP contribution in [0.4, 0.5) is 10.1 Å². The lowest BCUT2D eigenvalue weighted by Gasteiger charge is -2.25. The maximum absolute atomic E-state index is 13.8.